The fourth-order valence-corrected chi connectivity index (χ4v) is 2.76. The van der Waals surface area contributed by atoms with Crippen molar-refractivity contribution in [2.45, 2.75) is 49.7 Å². The van der Waals surface area contributed by atoms with E-state index in [9.17, 15) is 0 Å². The average molecular weight is 308 g/mol. The van der Waals surface area contributed by atoms with E-state index >= 15 is 0 Å². The minimum atomic E-state index is -0.722. The topological polar surface area (TPSA) is 85.7 Å². The third-order valence-electron chi connectivity index (χ3n) is 2.77. The van der Waals surface area contributed by atoms with Crippen molar-refractivity contribution in [3.05, 3.63) is 10.4 Å². The van der Waals surface area contributed by atoms with Gasteiger partial charge in [-0.25, -0.2) is 0 Å². The van der Waals surface area contributed by atoms with Gasteiger partial charge in [0.2, 0.25) is 0 Å². The van der Waals surface area contributed by atoms with Crippen LogP contribution < -0.4 is 0 Å². The van der Waals surface area contributed by atoms with Gasteiger partial charge in [0.25, 0.3) is 6.48 Å². The molecule has 2 aliphatic rings. The number of hydrogen-bond donors (Lipinski definition) is 0. The van der Waals surface area contributed by atoms with E-state index in [4.69, 9.17) is 24.5 Å². The largest absolute Gasteiger partial charge is 0.361 e. The molecule has 0 spiro atoms. The van der Waals surface area contributed by atoms with Crippen molar-refractivity contribution in [2.75, 3.05) is 6.61 Å². The molecule has 0 N–H and O–H groups in total. The Balaban J connectivity index is 2.13. The van der Waals surface area contributed by atoms with Crippen LogP contribution in [-0.4, -0.2) is 42.4 Å². The van der Waals surface area contributed by atoms with Crippen LogP contribution in [0.1, 0.15) is 13.8 Å². The van der Waals surface area contributed by atoms with Gasteiger partial charge in [-0.1, -0.05) is 21.0 Å². The Kier molecular flexibility index (Phi) is 4.24. The van der Waals surface area contributed by atoms with E-state index in [1.54, 1.807) is 0 Å². The van der Waals surface area contributed by atoms with Crippen LogP contribution in [0.4, 0.5) is 0 Å². The van der Waals surface area contributed by atoms with Crippen molar-refractivity contribution < 1.29 is 18.9 Å². The van der Waals surface area contributed by atoms with Gasteiger partial charge in [0.15, 0.2) is 0 Å². The summed E-state index contributed by atoms with van der Waals surface area (Å²) in [6.45, 7) is 3.45. The van der Waals surface area contributed by atoms with E-state index in [0.717, 1.165) is 0 Å². The molecule has 0 aromatic heterocycles. The molecule has 0 bridgehead atoms. The van der Waals surface area contributed by atoms with E-state index in [1.807, 2.05) is 13.8 Å². The Bertz CT molecular complexity index is 325. The molecule has 0 radical (unpaired) electrons. The molecule has 6 atom stereocenters. The van der Waals surface area contributed by atoms with Gasteiger partial charge in [0.05, 0.1) is 12.1 Å². The number of hydrogen-bond acceptors (Lipinski definition) is 5. The Morgan fingerprint density at radius 2 is 2.06 bits per heavy atom. The van der Waals surface area contributed by atoms with Gasteiger partial charge in [0.1, 0.15) is 17.2 Å². The van der Waals surface area contributed by atoms with Crippen molar-refractivity contribution in [2.24, 2.45) is 5.11 Å². The fraction of sp³-hybridized carbons (Fsp3) is 1.00. The number of halogens is 1. The second-order valence-corrected chi connectivity index (χ2v) is 4.74. The summed E-state index contributed by atoms with van der Waals surface area (Å²) in [6, 6.07) is -0.413. The second-order valence-electron chi connectivity index (χ2n) is 3.83. The molecule has 0 aromatic carbocycles. The van der Waals surface area contributed by atoms with Gasteiger partial charge in [-0.3, -0.25) is 0 Å². The van der Waals surface area contributed by atoms with Gasteiger partial charge in [0, 0.05) is 11.5 Å². The summed E-state index contributed by atoms with van der Waals surface area (Å²) >= 11 is 3.38. The first-order valence-electron chi connectivity index (χ1n) is 5.43. The lowest BCUT2D eigenvalue weighted by Crippen LogP contribution is -2.52. The van der Waals surface area contributed by atoms with Crippen LogP contribution in [0.2, 0.25) is 0 Å². The first kappa shape index (κ1) is 13.1. The van der Waals surface area contributed by atoms with Crippen molar-refractivity contribution in [3.8, 4) is 0 Å². The molecule has 7 nitrogen and oxygen atoms in total. The van der Waals surface area contributed by atoms with Gasteiger partial charge in [-0.15, -0.1) is 0 Å². The maximum atomic E-state index is 8.55. The zero-order chi connectivity index (χ0) is 12.4. The fourth-order valence-electron chi connectivity index (χ4n) is 1.99. The lowest BCUT2D eigenvalue weighted by Gasteiger charge is -2.36. The molecular formula is C9H14BrN3O4. The highest BCUT2D eigenvalue weighted by Crippen LogP contribution is 2.36. The molecular weight excluding hydrogens is 294 g/mol. The molecule has 96 valence electrons. The van der Waals surface area contributed by atoms with Crippen LogP contribution in [0.3, 0.4) is 0 Å². The maximum absolute atomic E-state index is 8.55. The van der Waals surface area contributed by atoms with Crippen molar-refractivity contribution in [1.82, 2.24) is 0 Å². The molecule has 0 aromatic rings. The van der Waals surface area contributed by atoms with Crippen LogP contribution >= 0.6 is 15.9 Å². The monoisotopic (exact) mass is 307 g/mol. The molecule has 0 aliphatic carbocycles. The lowest BCUT2D eigenvalue weighted by atomic mass is 9.99. The van der Waals surface area contributed by atoms with Crippen LogP contribution in [0, 0.1) is 0 Å². The van der Waals surface area contributed by atoms with E-state index < -0.39 is 12.5 Å². The highest BCUT2D eigenvalue weighted by molar-refractivity contribution is 9.09. The number of alkyl halides is 1. The third-order valence-corrected chi connectivity index (χ3v) is 3.51. The van der Waals surface area contributed by atoms with Gasteiger partial charge in [-0.2, -0.15) is 0 Å². The van der Waals surface area contributed by atoms with Crippen LogP contribution in [0.15, 0.2) is 5.11 Å². The predicted octanol–water partition coefficient (Wildman–Crippen LogP) is 1.91. The Morgan fingerprint density at radius 1 is 1.35 bits per heavy atom. The minimum absolute atomic E-state index is 0.236. The molecule has 2 heterocycles. The molecule has 0 amide bonds. The number of ether oxygens (including phenoxy) is 4. The van der Waals surface area contributed by atoms with Crippen molar-refractivity contribution >= 4 is 15.9 Å². The van der Waals surface area contributed by atoms with E-state index in [2.05, 4.69) is 26.0 Å². The zero-order valence-electron chi connectivity index (χ0n) is 9.52. The van der Waals surface area contributed by atoms with E-state index in [-0.39, 0.29) is 23.3 Å². The van der Waals surface area contributed by atoms with Crippen LogP contribution in [0.5, 0.6) is 0 Å². The standard InChI is InChI=1S/C9H14BrN3O4/c1-3-14-9-16-6-5(12-13-11)4(2)15-8(10)7(6)17-9/h4-9H,3H2,1-2H3/t4-,5-,6+,7+,8?,9?/m0/s1. The molecule has 2 fully saturated rings. The molecule has 0 saturated carbocycles. The summed E-state index contributed by atoms with van der Waals surface area (Å²) < 4.78 is 22.0. The molecule has 8 heteroatoms. The number of azide groups is 1. The van der Waals surface area contributed by atoms with Crippen LogP contribution in [0.25, 0.3) is 10.4 Å². The van der Waals surface area contributed by atoms with Crippen molar-refractivity contribution in [1.29, 1.82) is 0 Å². The molecule has 17 heavy (non-hydrogen) atoms. The number of fused-ring (bicyclic) bond motifs is 1. The van der Waals surface area contributed by atoms with Crippen LogP contribution in [-0.2, 0) is 18.9 Å². The first-order valence-corrected chi connectivity index (χ1v) is 6.35. The summed E-state index contributed by atoms with van der Waals surface area (Å²) in [6.07, 6.45) is -0.922. The minimum Gasteiger partial charge on any atom is -0.361 e. The highest BCUT2D eigenvalue weighted by atomic mass is 79.9. The molecule has 2 aliphatic heterocycles. The smallest absolute Gasteiger partial charge is 0.272 e. The van der Waals surface area contributed by atoms with Gasteiger partial charge in [-0.05, 0) is 19.4 Å². The first-order chi connectivity index (χ1) is 8.17. The van der Waals surface area contributed by atoms with E-state index in [0.29, 0.717) is 6.61 Å². The SMILES string of the molecule is CCOC1O[C@@H]2[C@@H](N=[N+]=[N-])[C@H](C)OC(Br)[C@@H]2O1. The number of rotatable bonds is 3. The molecule has 2 unspecified atom stereocenters. The molecule has 2 rings (SSSR count). The third kappa shape index (κ3) is 2.57. The van der Waals surface area contributed by atoms with Gasteiger partial charge >= 0.3 is 0 Å². The van der Waals surface area contributed by atoms with Crippen molar-refractivity contribution in [3.63, 3.8) is 0 Å². The Morgan fingerprint density at radius 3 is 2.71 bits per heavy atom. The predicted molar refractivity (Wildman–Crippen MR) is 61.4 cm³/mol. The number of nitrogens with zero attached hydrogens (tertiary/aromatic N) is 3. The zero-order valence-corrected chi connectivity index (χ0v) is 11.1. The quantitative estimate of drug-likeness (QED) is 0.345. The lowest BCUT2D eigenvalue weighted by molar-refractivity contribution is -0.240. The normalized spacial score (nSPS) is 45.1. The summed E-state index contributed by atoms with van der Waals surface area (Å²) in [7, 11) is 0. The summed E-state index contributed by atoms with van der Waals surface area (Å²) in [4.78, 5) is 2.82. The van der Waals surface area contributed by atoms with E-state index in [1.165, 1.54) is 0 Å². The summed E-state index contributed by atoms with van der Waals surface area (Å²) in [5, 5.41) is 3.42. The van der Waals surface area contributed by atoms with Gasteiger partial charge < -0.3 is 18.9 Å². The summed E-state index contributed by atoms with van der Waals surface area (Å²) in [5.74, 6) is 0. The maximum Gasteiger partial charge on any atom is 0.272 e. The Labute approximate surface area is 107 Å². The molecule has 2 saturated heterocycles. The Hall–Kier alpha value is -0.370. The highest BCUT2D eigenvalue weighted by Gasteiger charge is 2.51. The summed E-state index contributed by atoms with van der Waals surface area (Å²) in [5.41, 5.74) is 8.55. The average Bonchev–Trinajstić information content (AvgIpc) is 2.69. The second kappa shape index (κ2) is 5.51.